The van der Waals surface area contributed by atoms with Crippen LogP contribution in [0.1, 0.15) is 30.0 Å². The van der Waals surface area contributed by atoms with Crippen molar-refractivity contribution in [3.05, 3.63) is 278 Å². The fourth-order valence-corrected chi connectivity index (χ4v) is 11.1. The quantitative estimate of drug-likeness (QED) is 0.129. The molecule has 1 heterocycles. The average molecular weight is 927 g/mol. The second-order valence-corrected chi connectivity index (χ2v) is 19.1. The molecule has 3 heteroatoms. The summed E-state index contributed by atoms with van der Waals surface area (Å²) in [4.78, 5) is 4.98. The van der Waals surface area contributed by atoms with Crippen molar-refractivity contribution in [3.63, 3.8) is 0 Å². The predicted octanol–water partition coefficient (Wildman–Crippen LogP) is 19.3. The molecule has 0 N–H and O–H groups in total. The molecule has 3 nitrogen and oxygen atoms in total. The average Bonchev–Trinajstić information content (AvgIpc) is 3.82. The number of benzene rings is 10. The summed E-state index contributed by atoms with van der Waals surface area (Å²) >= 11 is 0. The molecule has 1 aliphatic carbocycles. The maximum absolute atomic E-state index is 6.89. The highest BCUT2D eigenvalue weighted by atomic mass is 16.3. The molecule has 346 valence electrons. The number of nitrogens with zero attached hydrogens (tertiary/aromatic N) is 2. The molecule has 11 aromatic rings. The van der Waals surface area contributed by atoms with E-state index in [0.29, 0.717) is 0 Å². The lowest BCUT2D eigenvalue weighted by Gasteiger charge is -2.46. The molecule has 0 spiro atoms. The van der Waals surface area contributed by atoms with Gasteiger partial charge in [0, 0.05) is 33.4 Å². The first-order valence-corrected chi connectivity index (χ1v) is 25.0. The molecule has 72 heavy (non-hydrogen) atoms. The van der Waals surface area contributed by atoms with E-state index in [1.165, 1.54) is 50.1 Å². The summed E-state index contributed by atoms with van der Waals surface area (Å²) in [6.07, 6.45) is 7.65. The van der Waals surface area contributed by atoms with E-state index >= 15 is 0 Å². The molecule has 1 atom stereocenters. The number of furan rings is 1. The summed E-state index contributed by atoms with van der Waals surface area (Å²) in [5.41, 5.74) is 20.9. The second-order valence-electron chi connectivity index (χ2n) is 19.1. The molecule has 0 aliphatic heterocycles. The van der Waals surface area contributed by atoms with Crippen LogP contribution in [0.5, 0.6) is 0 Å². The van der Waals surface area contributed by atoms with Crippen molar-refractivity contribution in [2.24, 2.45) is 0 Å². The highest BCUT2D eigenvalue weighted by Gasteiger charge is 2.40. The van der Waals surface area contributed by atoms with Gasteiger partial charge in [-0.2, -0.15) is 0 Å². The number of hydrogen-bond donors (Lipinski definition) is 0. The predicted molar refractivity (Wildman–Crippen MR) is 305 cm³/mol. The van der Waals surface area contributed by atoms with Crippen LogP contribution in [0.4, 0.5) is 28.4 Å². The van der Waals surface area contributed by atoms with Gasteiger partial charge in [-0.15, -0.1) is 0 Å². The van der Waals surface area contributed by atoms with E-state index in [9.17, 15) is 0 Å². The highest BCUT2D eigenvalue weighted by molar-refractivity contribution is 6.10. The molecule has 0 saturated heterocycles. The minimum absolute atomic E-state index is 0.585. The minimum Gasteiger partial charge on any atom is -0.454 e. The summed E-state index contributed by atoms with van der Waals surface area (Å²) in [6, 6.07) is 87.8. The van der Waals surface area contributed by atoms with Crippen molar-refractivity contribution in [3.8, 4) is 44.5 Å². The Morgan fingerprint density at radius 3 is 1.74 bits per heavy atom. The monoisotopic (exact) mass is 926 g/mol. The van der Waals surface area contributed by atoms with E-state index in [0.717, 1.165) is 73.5 Å². The van der Waals surface area contributed by atoms with Crippen molar-refractivity contribution in [1.82, 2.24) is 0 Å². The molecule has 12 rings (SSSR count). The third kappa shape index (κ3) is 7.99. The number of fused-ring (bicyclic) bond motifs is 3. The van der Waals surface area contributed by atoms with Gasteiger partial charge in [0.15, 0.2) is 5.58 Å². The van der Waals surface area contributed by atoms with Crippen LogP contribution in [0.25, 0.3) is 72.0 Å². The van der Waals surface area contributed by atoms with Gasteiger partial charge in [-0.05, 0) is 143 Å². The van der Waals surface area contributed by atoms with Crippen LogP contribution in [0.2, 0.25) is 0 Å². The number of allylic oxidation sites excluding steroid dienone is 2. The van der Waals surface area contributed by atoms with E-state index in [4.69, 9.17) is 4.42 Å². The van der Waals surface area contributed by atoms with E-state index in [-0.39, 0.29) is 0 Å². The van der Waals surface area contributed by atoms with E-state index < -0.39 is 5.54 Å². The molecule has 0 bridgehead atoms. The van der Waals surface area contributed by atoms with Crippen LogP contribution in [0.3, 0.4) is 0 Å². The van der Waals surface area contributed by atoms with Gasteiger partial charge in [0.25, 0.3) is 0 Å². The van der Waals surface area contributed by atoms with E-state index in [2.05, 4.69) is 291 Å². The normalized spacial score (nSPS) is 14.3. The smallest absolute Gasteiger partial charge is 0.159 e. The molecular formula is C69H54N2O. The maximum Gasteiger partial charge on any atom is 0.159 e. The summed E-state index contributed by atoms with van der Waals surface area (Å²) < 4.78 is 6.89. The van der Waals surface area contributed by atoms with Crippen molar-refractivity contribution < 1.29 is 4.42 Å². The Hall–Kier alpha value is -8.92. The molecule has 1 aromatic heterocycles. The molecule has 1 aliphatic rings. The highest BCUT2D eigenvalue weighted by Crippen LogP contribution is 2.51. The number of rotatable bonds is 11. The molecule has 10 aromatic carbocycles. The lowest BCUT2D eigenvalue weighted by Crippen LogP contribution is -2.45. The van der Waals surface area contributed by atoms with Gasteiger partial charge in [-0.25, -0.2) is 0 Å². The zero-order chi connectivity index (χ0) is 48.6. The standard InChI is InChI=1S/C69H54N2O/c1-48-22-10-11-29-57(48)58-44-43-55(46-49(58)2)70(54-41-39-52(40-42-54)50-23-6-4-7-24-50)65-36-16-14-32-61(65)59-30-12-13-31-60(59)64-35-18-19-45-69(64,3)71(56-28-20-27-53(47-56)51-25-8-5-9-26-51)66-37-21-34-63-62-33-15-17-38-67(62)72-68(63)66/h4-44,46-47H,45H2,1-3H3. The Bertz CT molecular complexity index is 3830. The van der Waals surface area contributed by atoms with Crippen LogP contribution in [-0.4, -0.2) is 5.54 Å². The zero-order valence-corrected chi connectivity index (χ0v) is 40.8. The first-order chi connectivity index (χ1) is 35.4. The summed E-state index contributed by atoms with van der Waals surface area (Å²) in [7, 11) is 0. The van der Waals surface area contributed by atoms with E-state index in [1.54, 1.807) is 0 Å². The van der Waals surface area contributed by atoms with Crippen molar-refractivity contribution >= 4 is 55.9 Å². The van der Waals surface area contributed by atoms with Gasteiger partial charge in [-0.1, -0.05) is 206 Å². The lowest BCUT2D eigenvalue weighted by atomic mass is 9.76. The first-order valence-electron chi connectivity index (χ1n) is 25.0. The second kappa shape index (κ2) is 18.8. The molecule has 0 amide bonds. The Morgan fingerprint density at radius 1 is 0.403 bits per heavy atom. The Kier molecular flexibility index (Phi) is 11.5. The number of anilines is 5. The lowest BCUT2D eigenvalue weighted by molar-refractivity contribution is 0.584. The van der Waals surface area contributed by atoms with Crippen LogP contribution in [0.15, 0.2) is 265 Å². The number of para-hydroxylation sites is 3. The largest absolute Gasteiger partial charge is 0.454 e. The third-order valence-corrected chi connectivity index (χ3v) is 14.6. The topological polar surface area (TPSA) is 19.6 Å². The van der Waals surface area contributed by atoms with Crippen LogP contribution in [0, 0.1) is 13.8 Å². The van der Waals surface area contributed by atoms with Crippen molar-refractivity contribution in [2.45, 2.75) is 32.7 Å². The van der Waals surface area contributed by atoms with Gasteiger partial charge < -0.3 is 14.2 Å². The Labute approximate surface area is 422 Å². The van der Waals surface area contributed by atoms with Gasteiger partial charge in [0.2, 0.25) is 0 Å². The summed E-state index contributed by atoms with van der Waals surface area (Å²) in [5.74, 6) is 0. The van der Waals surface area contributed by atoms with Crippen molar-refractivity contribution in [1.29, 1.82) is 0 Å². The van der Waals surface area contributed by atoms with Crippen LogP contribution in [-0.2, 0) is 0 Å². The summed E-state index contributed by atoms with van der Waals surface area (Å²) in [5, 5.41) is 2.21. The van der Waals surface area contributed by atoms with Gasteiger partial charge >= 0.3 is 0 Å². The van der Waals surface area contributed by atoms with Crippen LogP contribution >= 0.6 is 0 Å². The fourth-order valence-electron chi connectivity index (χ4n) is 11.1. The molecule has 0 radical (unpaired) electrons. The maximum atomic E-state index is 6.89. The zero-order valence-electron chi connectivity index (χ0n) is 40.8. The molecule has 1 unspecified atom stereocenters. The molecular weight excluding hydrogens is 873 g/mol. The Morgan fingerprint density at radius 2 is 0.972 bits per heavy atom. The fraction of sp³-hybridized carbons (Fsp3) is 0.0725. The molecule has 0 fully saturated rings. The summed E-state index contributed by atoms with van der Waals surface area (Å²) in [6.45, 7) is 6.83. The van der Waals surface area contributed by atoms with Crippen molar-refractivity contribution in [2.75, 3.05) is 9.80 Å². The van der Waals surface area contributed by atoms with E-state index in [1.807, 2.05) is 0 Å². The molecule has 0 saturated carbocycles. The van der Waals surface area contributed by atoms with Crippen LogP contribution < -0.4 is 9.80 Å². The number of hydrogen-bond acceptors (Lipinski definition) is 3. The SMILES string of the molecule is Cc1ccccc1-c1ccc(N(c2ccc(-c3ccccc3)cc2)c2ccccc2-c2ccccc2C2=CC=CCC2(C)N(c2cccc(-c3ccccc3)c2)c2cccc3c2oc2ccccc23)cc1C. The first kappa shape index (κ1) is 44.3. The Balaban J connectivity index is 1.04. The van der Waals surface area contributed by atoms with Gasteiger partial charge in [0.1, 0.15) is 5.58 Å². The van der Waals surface area contributed by atoms with Gasteiger partial charge in [0.05, 0.1) is 16.9 Å². The number of aryl methyl sites for hydroxylation is 2. The third-order valence-electron chi connectivity index (χ3n) is 14.6. The minimum atomic E-state index is -0.585. The van der Waals surface area contributed by atoms with Gasteiger partial charge in [-0.3, -0.25) is 0 Å².